The van der Waals surface area contributed by atoms with Crippen molar-refractivity contribution < 1.29 is 17.9 Å². The maximum Gasteiger partial charge on any atom is 0.201 e. The van der Waals surface area contributed by atoms with Gasteiger partial charge >= 0.3 is 0 Å². The predicted molar refractivity (Wildman–Crippen MR) is 113 cm³/mol. The van der Waals surface area contributed by atoms with Crippen molar-refractivity contribution in [1.29, 1.82) is 0 Å². The smallest absolute Gasteiger partial charge is 0.201 e. The van der Waals surface area contributed by atoms with E-state index in [1.54, 1.807) is 31.2 Å². The van der Waals surface area contributed by atoms with Crippen molar-refractivity contribution in [3.8, 4) is 16.9 Å². The molecule has 0 aliphatic heterocycles. The third-order valence-corrected chi connectivity index (χ3v) is 4.99. The Hall–Kier alpha value is -2.75. The summed E-state index contributed by atoms with van der Waals surface area (Å²) in [6.07, 6.45) is 7.84. The molecule has 0 aliphatic carbocycles. The van der Waals surface area contributed by atoms with Gasteiger partial charge in [-0.1, -0.05) is 68.3 Å². The van der Waals surface area contributed by atoms with E-state index in [4.69, 9.17) is 4.74 Å². The maximum absolute atomic E-state index is 15.1. The SMILES string of the molecule is CC=CCOc1cc2ccc(-c3ccc(CCCCC)cc3)c(F)c2c(F)c1F. The Morgan fingerprint density at radius 1 is 0.897 bits per heavy atom. The van der Waals surface area contributed by atoms with Crippen molar-refractivity contribution in [2.75, 3.05) is 6.61 Å². The minimum Gasteiger partial charge on any atom is -0.486 e. The summed E-state index contributed by atoms with van der Waals surface area (Å²) in [4.78, 5) is 0. The van der Waals surface area contributed by atoms with Crippen LogP contribution in [0.15, 0.2) is 54.6 Å². The summed E-state index contributed by atoms with van der Waals surface area (Å²) in [7, 11) is 0. The van der Waals surface area contributed by atoms with Gasteiger partial charge in [0.15, 0.2) is 11.6 Å². The summed E-state index contributed by atoms with van der Waals surface area (Å²) in [5.41, 5.74) is 2.07. The first-order chi connectivity index (χ1) is 14.1. The summed E-state index contributed by atoms with van der Waals surface area (Å²) in [6, 6.07) is 12.1. The van der Waals surface area contributed by atoms with Gasteiger partial charge in [0.25, 0.3) is 0 Å². The van der Waals surface area contributed by atoms with E-state index in [0.29, 0.717) is 5.56 Å². The number of ether oxygens (including phenoxy) is 1. The van der Waals surface area contributed by atoms with Gasteiger partial charge in [-0.2, -0.15) is 4.39 Å². The fourth-order valence-corrected chi connectivity index (χ4v) is 3.35. The fourth-order valence-electron chi connectivity index (χ4n) is 3.35. The highest BCUT2D eigenvalue weighted by Gasteiger charge is 2.20. The Balaban J connectivity index is 1.95. The average molecular weight is 398 g/mol. The van der Waals surface area contributed by atoms with Gasteiger partial charge in [0, 0.05) is 5.56 Å². The summed E-state index contributed by atoms with van der Waals surface area (Å²) < 4.78 is 49.4. The first-order valence-electron chi connectivity index (χ1n) is 10.00. The lowest BCUT2D eigenvalue weighted by atomic mass is 9.97. The molecule has 0 bridgehead atoms. The van der Waals surface area contributed by atoms with Gasteiger partial charge in [0.1, 0.15) is 12.4 Å². The molecule has 0 heterocycles. The number of hydrogen-bond acceptors (Lipinski definition) is 1. The summed E-state index contributed by atoms with van der Waals surface area (Å²) in [6.45, 7) is 4.07. The van der Waals surface area contributed by atoms with Crippen LogP contribution in [0.2, 0.25) is 0 Å². The van der Waals surface area contributed by atoms with Crippen LogP contribution in [0.1, 0.15) is 38.7 Å². The van der Waals surface area contributed by atoms with Crippen molar-refractivity contribution >= 4 is 10.8 Å². The average Bonchev–Trinajstić information content (AvgIpc) is 2.72. The molecule has 3 aromatic rings. The van der Waals surface area contributed by atoms with E-state index in [2.05, 4.69) is 6.92 Å². The van der Waals surface area contributed by atoms with Crippen molar-refractivity contribution in [2.24, 2.45) is 0 Å². The Bertz CT molecular complexity index is 1010. The van der Waals surface area contributed by atoms with Gasteiger partial charge in [-0.3, -0.25) is 0 Å². The van der Waals surface area contributed by atoms with Crippen molar-refractivity contribution in [3.05, 3.63) is 77.6 Å². The molecule has 1 nitrogen and oxygen atoms in total. The van der Waals surface area contributed by atoms with Crippen LogP contribution < -0.4 is 4.74 Å². The highest BCUT2D eigenvalue weighted by Crippen LogP contribution is 2.35. The lowest BCUT2D eigenvalue weighted by molar-refractivity contribution is 0.334. The van der Waals surface area contributed by atoms with Gasteiger partial charge in [-0.25, -0.2) is 8.78 Å². The number of benzene rings is 3. The van der Waals surface area contributed by atoms with Crippen LogP contribution in [0.4, 0.5) is 13.2 Å². The molecule has 3 aromatic carbocycles. The Kier molecular flexibility index (Phi) is 6.97. The number of allylic oxidation sites excluding steroid dienone is 1. The zero-order valence-electron chi connectivity index (χ0n) is 16.8. The van der Waals surface area contributed by atoms with E-state index in [1.807, 2.05) is 24.3 Å². The number of aryl methyl sites for hydroxylation is 1. The quantitative estimate of drug-likeness (QED) is 0.280. The van der Waals surface area contributed by atoms with Crippen LogP contribution in [-0.4, -0.2) is 6.61 Å². The zero-order chi connectivity index (χ0) is 20.8. The molecule has 29 heavy (non-hydrogen) atoms. The second-order valence-corrected chi connectivity index (χ2v) is 7.06. The number of fused-ring (bicyclic) bond motifs is 1. The van der Waals surface area contributed by atoms with E-state index >= 15 is 4.39 Å². The van der Waals surface area contributed by atoms with Crippen molar-refractivity contribution in [2.45, 2.75) is 39.5 Å². The summed E-state index contributed by atoms with van der Waals surface area (Å²) in [5.74, 6) is -3.40. The van der Waals surface area contributed by atoms with Crippen LogP contribution in [0.5, 0.6) is 5.75 Å². The number of hydrogen-bond donors (Lipinski definition) is 0. The minimum atomic E-state index is -1.23. The Morgan fingerprint density at radius 3 is 2.34 bits per heavy atom. The van der Waals surface area contributed by atoms with Gasteiger partial charge in [0.05, 0.1) is 5.39 Å². The highest BCUT2D eigenvalue weighted by atomic mass is 19.2. The first kappa shape index (κ1) is 21.0. The van der Waals surface area contributed by atoms with E-state index in [9.17, 15) is 8.78 Å². The molecule has 0 spiro atoms. The molecule has 0 radical (unpaired) electrons. The third-order valence-electron chi connectivity index (χ3n) is 4.99. The fraction of sp³-hybridized carbons (Fsp3) is 0.280. The van der Waals surface area contributed by atoms with Gasteiger partial charge in [-0.15, -0.1) is 0 Å². The standard InChI is InChI=1S/C25H25F3O/c1-3-5-7-8-17-9-11-18(12-10-17)20-14-13-19-16-21(29-15-6-4-2)24(27)25(28)22(19)23(20)26/h4,6,9-14,16H,3,5,7-8,15H2,1-2H3. The Labute approximate surface area is 169 Å². The molecule has 0 aliphatic rings. The molecule has 0 fully saturated rings. The molecule has 152 valence electrons. The Morgan fingerprint density at radius 2 is 1.66 bits per heavy atom. The van der Waals surface area contributed by atoms with Crippen molar-refractivity contribution in [1.82, 2.24) is 0 Å². The van der Waals surface area contributed by atoms with Gasteiger partial charge < -0.3 is 4.74 Å². The van der Waals surface area contributed by atoms with Crippen LogP contribution in [0, 0.1) is 17.5 Å². The molecule has 0 aromatic heterocycles. The molecule has 0 saturated heterocycles. The molecule has 0 unspecified atom stereocenters. The zero-order valence-corrected chi connectivity index (χ0v) is 16.8. The molecule has 0 saturated carbocycles. The van der Waals surface area contributed by atoms with Crippen LogP contribution >= 0.6 is 0 Å². The lowest BCUT2D eigenvalue weighted by Crippen LogP contribution is -2.00. The molecule has 4 heteroatoms. The number of halogens is 3. The number of rotatable bonds is 8. The normalized spacial score (nSPS) is 11.5. The topological polar surface area (TPSA) is 9.23 Å². The van der Waals surface area contributed by atoms with Crippen LogP contribution in [-0.2, 0) is 6.42 Å². The molecular formula is C25H25F3O. The predicted octanol–water partition coefficient (Wildman–Crippen LogP) is 7.61. The van der Waals surface area contributed by atoms with E-state index < -0.39 is 17.5 Å². The monoisotopic (exact) mass is 398 g/mol. The van der Waals surface area contributed by atoms with Gasteiger partial charge in [0.2, 0.25) is 5.82 Å². The second-order valence-electron chi connectivity index (χ2n) is 7.06. The van der Waals surface area contributed by atoms with Crippen LogP contribution in [0.3, 0.4) is 0 Å². The molecule has 3 rings (SSSR count). The maximum atomic E-state index is 15.1. The second kappa shape index (κ2) is 9.64. The largest absolute Gasteiger partial charge is 0.486 e. The molecule has 0 atom stereocenters. The molecule has 0 amide bonds. The first-order valence-corrected chi connectivity index (χ1v) is 10.00. The number of unbranched alkanes of at least 4 members (excludes halogenated alkanes) is 2. The molecular weight excluding hydrogens is 373 g/mol. The summed E-state index contributed by atoms with van der Waals surface area (Å²) >= 11 is 0. The van der Waals surface area contributed by atoms with E-state index in [-0.39, 0.29) is 28.7 Å². The van der Waals surface area contributed by atoms with Crippen LogP contribution in [0.25, 0.3) is 21.9 Å². The van der Waals surface area contributed by atoms with E-state index in [0.717, 1.165) is 19.3 Å². The molecule has 0 N–H and O–H groups in total. The minimum absolute atomic E-state index is 0.115. The summed E-state index contributed by atoms with van der Waals surface area (Å²) in [5, 5.41) is -0.0952. The van der Waals surface area contributed by atoms with E-state index in [1.165, 1.54) is 18.1 Å². The highest BCUT2D eigenvalue weighted by molar-refractivity contribution is 5.90. The van der Waals surface area contributed by atoms with Gasteiger partial charge in [-0.05, 0) is 42.3 Å². The third kappa shape index (κ3) is 4.64. The van der Waals surface area contributed by atoms with Crippen molar-refractivity contribution in [3.63, 3.8) is 0 Å². The lowest BCUT2D eigenvalue weighted by Gasteiger charge is -2.12.